The number of unbranched alkanes of at least 4 members (excludes halogenated alkanes) is 1. The number of fused-ring (bicyclic) bond motifs is 1. The van der Waals surface area contributed by atoms with E-state index in [0.29, 0.717) is 10.4 Å². The fraction of sp³-hybridized carbons (Fsp3) is 0.222. The second-order valence-electron chi connectivity index (χ2n) is 5.27. The number of halogens is 1. The first-order valence-corrected chi connectivity index (χ1v) is 7.85. The lowest BCUT2D eigenvalue weighted by atomic mass is 10.2. The van der Waals surface area contributed by atoms with E-state index in [9.17, 15) is 4.79 Å². The third-order valence-corrected chi connectivity index (χ3v) is 3.94. The Hall–Kier alpha value is -2.13. The lowest BCUT2D eigenvalue weighted by Gasteiger charge is -2.13. The summed E-state index contributed by atoms with van der Waals surface area (Å²) in [6, 6.07) is 14.8. The molecule has 0 amide bonds. The highest BCUT2D eigenvalue weighted by Gasteiger charge is 2.12. The Kier molecular flexibility index (Phi) is 4.25. The topological polar surface area (TPSA) is 34.9 Å². The lowest BCUT2D eigenvalue weighted by molar-refractivity contribution is 0.720. The van der Waals surface area contributed by atoms with Gasteiger partial charge in [-0.1, -0.05) is 37.1 Å². The molecule has 3 nitrogen and oxygen atoms in total. The number of benzene rings is 2. The summed E-state index contributed by atoms with van der Waals surface area (Å²) in [5, 5.41) is 1.29. The summed E-state index contributed by atoms with van der Waals surface area (Å²) in [5.41, 5.74) is 1.53. The van der Waals surface area contributed by atoms with Crippen molar-refractivity contribution in [3.05, 3.63) is 69.7 Å². The molecule has 0 fully saturated rings. The van der Waals surface area contributed by atoms with Crippen LogP contribution in [-0.4, -0.2) is 9.55 Å². The fourth-order valence-electron chi connectivity index (χ4n) is 2.54. The molecule has 2 aromatic carbocycles. The smallest absolute Gasteiger partial charge is 0.265 e. The molecule has 0 bridgehead atoms. The summed E-state index contributed by atoms with van der Waals surface area (Å²) in [6.07, 6.45) is 2.83. The molecular formula is C18H17ClN2O. The van der Waals surface area contributed by atoms with E-state index in [2.05, 4.69) is 6.92 Å². The molecule has 1 heterocycles. The Morgan fingerprint density at radius 2 is 1.82 bits per heavy atom. The molecule has 0 aliphatic carbocycles. The van der Waals surface area contributed by atoms with E-state index < -0.39 is 0 Å². The first-order chi connectivity index (χ1) is 10.7. The van der Waals surface area contributed by atoms with Crippen LogP contribution in [-0.2, 0) is 6.42 Å². The van der Waals surface area contributed by atoms with Crippen LogP contribution >= 0.6 is 11.6 Å². The van der Waals surface area contributed by atoms with Crippen LogP contribution in [0.3, 0.4) is 0 Å². The lowest BCUT2D eigenvalue weighted by Crippen LogP contribution is -2.24. The zero-order chi connectivity index (χ0) is 15.5. The van der Waals surface area contributed by atoms with Crippen molar-refractivity contribution in [2.45, 2.75) is 26.2 Å². The number of hydrogen-bond acceptors (Lipinski definition) is 2. The standard InChI is InChI=1S/C18H17ClN2O/c1-2-3-8-17-20-16-7-5-4-6-15(16)18(22)21(17)14-11-9-13(19)10-12-14/h4-7,9-12H,2-3,8H2,1H3. The van der Waals surface area contributed by atoms with Crippen LogP contribution in [0.1, 0.15) is 25.6 Å². The van der Waals surface area contributed by atoms with Gasteiger partial charge in [0.05, 0.1) is 16.6 Å². The number of nitrogens with zero attached hydrogens (tertiary/aromatic N) is 2. The van der Waals surface area contributed by atoms with Crippen molar-refractivity contribution in [3.8, 4) is 5.69 Å². The molecule has 0 radical (unpaired) electrons. The summed E-state index contributed by atoms with van der Waals surface area (Å²) in [7, 11) is 0. The van der Waals surface area contributed by atoms with Crippen LogP contribution in [0.4, 0.5) is 0 Å². The van der Waals surface area contributed by atoms with E-state index in [1.165, 1.54) is 0 Å². The highest BCUT2D eigenvalue weighted by molar-refractivity contribution is 6.30. The molecule has 0 aliphatic rings. The average Bonchev–Trinajstić information content (AvgIpc) is 2.54. The van der Waals surface area contributed by atoms with Gasteiger partial charge in [0.15, 0.2) is 0 Å². The van der Waals surface area contributed by atoms with Crippen molar-refractivity contribution in [1.82, 2.24) is 9.55 Å². The normalized spacial score (nSPS) is 11.0. The number of hydrogen-bond donors (Lipinski definition) is 0. The van der Waals surface area contributed by atoms with Crippen molar-refractivity contribution in [3.63, 3.8) is 0 Å². The summed E-state index contributed by atoms with van der Waals surface area (Å²) in [6.45, 7) is 2.13. The minimum Gasteiger partial charge on any atom is -0.268 e. The van der Waals surface area contributed by atoms with Gasteiger partial charge >= 0.3 is 0 Å². The third kappa shape index (κ3) is 2.77. The Morgan fingerprint density at radius 3 is 2.55 bits per heavy atom. The van der Waals surface area contributed by atoms with E-state index >= 15 is 0 Å². The largest absolute Gasteiger partial charge is 0.268 e. The number of para-hydroxylation sites is 1. The highest BCUT2D eigenvalue weighted by atomic mass is 35.5. The molecule has 3 aromatic rings. The maximum Gasteiger partial charge on any atom is 0.265 e. The predicted molar refractivity (Wildman–Crippen MR) is 91.0 cm³/mol. The van der Waals surface area contributed by atoms with Crippen molar-refractivity contribution >= 4 is 22.5 Å². The number of aromatic nitrogens is 2. The Balaban J connectivity index is 2.27. The van der Waals surface area contributed by atoms with Crippen LogP contribution < -0.4 is 5.56 Å². The first-order valence-electron chi connectivity index (χ1n) is 7.47. The second kappa shape index (κ2) is 6.32. The summed E-state index contributed by atoms with van der Waals surface area (Å²) in [5.74, 6) is 0.799. The summed E-state index contributed by atoms with van der Waals surface area (Å²) in [4.78, 5) is 17.6. The molecule has 0 unspecified atom stereocenters. The van der Waals surface area contributed by atoms with Gasteiger partial charge in [-0.15, -0.1) is 0 Å². The van der Waals surface area contributed by atoms with Crippen molar-refractivity contribution in [1.29, 1.82) is 0 Å². The molecule has 0 saturated carbocycles. The summed E-state index contributed by atoms with van der Waals surface area (Å²) < 4.78 is 1.70. The molecule has 0 aliphatic heterocycles. The van der Waals surface area contributed by atoms with Gasteiger partial charge < -0.3 is 0 Å². The quantitative estimate of drug-likeness (QED) is 0.716. The molecule has 3 rings (SSSR count). The minimum atomic E-state index is -0.0287. The van der Waals surface area contributed by atoms with E-state index in [4.69, 9.17) is 16.6 Å². The molecule has 22 heavy (non-hydrogen) atoms. The van der Waals surface area contributed by atoms with Gasteiger partial charge in [-0.2, -0.15) is 0 Å². The van der Waals surface area contributed by atoms with Crippen LogP contribution in [0.25, 0.3) is 16.6 Å². The van der Waals surface area contributed by atoms with E-state index in [1.54, 1.807) is 16.7 Å². The van der Waals surface area contributed by atoms with Crippen molar-refractivity contribution < 1.29 is 0 Å². The van der Waals surface area contributed by atoms with E-state index in [-0.39, 0.29) is 5.56 Å². The molecule has 0 atom stereocenters. The summed E-state index contributed by atoms with van der Waals surface area (Å²) >= 11 is 5.95. The van der Waals surface area contributed by atoms with Gasteiger partial charge in [0, 0.05) is 11.4 Å². The van der Waals surface area contributed by atoms with Gasteiger partial charge in [-0.25, -0.2) is 4.98 Å². The van der Waals surface area contributed by atoms with Gasteiger partial charge in [0.2, 0.25) is 0 Å². The van der Waals surface area contributed by atoms with Crippen LogP contribution in [0.15, 0.2) is 53.3 Å². The van der Waals surface area contributed by atoms with Gasteiger partial charge in [-0.3, -0.25) is 9.36 Å². The average molecular weight is 313 g/mol. The Labute approximate surface area is 134 Å². The van der Waals surface area contributed by atoms with Crippen LogP contribution in [0.5, 0.6) is 0 Å². The van der Waals surface area contributed by atoms with Gasteiger partial charge in [-0.05, 0) is 42.8 Å². The maximum absolute atomic E-state index is 12.9. The third-order valence-electron chi connectivity index (χ3n) is 3.68. The Bertz CT molecular complexity index is 853. The van der Waals surface area contributed by atoms with Gasteiger partial charge in [0.1, 0.15) is 5.82 Å². The van der Waals surface area contributed by atoms with E-state index in [1.807, 2.05) is 36.4 Å². The zero-order valence-corrected chi connectivity index (χ0v) is 13.2. The zero-order valence-electron chi connectivity index (χ0n) is 12.4. The Morgan fingerprint density at radius 1 is 1.09 bits per heavy atom. The molecule has 0 N–H and O–H groups in total. The van der Waals surface area contributed by atoms with Gasteiger partial charge in [0.25, 0.3) is 5.56 Å². The molecule has 1 aromatic heterocycles. The van der Waals surface area contributed by atoms with Crippen LogP contribution in [0.2, 0.25) is 5.02 Å². The minimum absolute atomic E-state index is 0.0287. The first kappa shape index (κ1) is 14.8. The highest BCUT2D eigenvalue weighted by Crippen LogP contribution is 2.17. The maximum atomic E-state index is 12.9. The fourth-order valence-corrected chi connectivity index (χ4v) is 2.66. The SMILES string of the molecule is CCCCc1nc2ccccc2c(=O)n1-c1ccc(Cl)cc1. The van der Waals surface area contributed by atoms with E-state index in [0.717, 1.165) is 36.3 Å². The number of aryl methyl sites for hydroxylation is 1. The number of rotatable bonds is 4. The molecule has 0 saturated heterocycles. The molecule has 4 heteroatoms. The molecule has 0 spiro atoms. The predicted octanol–water partition coefficient (Wildman–Crippen LogP) is 4.38. The van der Waals surface area contributed by atoms with Crippen LogP contribution in [0, 0.1) is 0 Å². The monoisotopic (exact) mass is 312 g/mol. The molecular weight excluding hydrogens is 296 g/mol. The van der Waals surface area contributed by atoms with Crippen molar-refractivity contribution in [2.75, 3.05) is 0 Å². The van der Waals surface area contributed by atoms with Crippen molar-refractivity contribution in [2.24, 2.45) is 0 Å². The second-order valence-corrected chi connectivity index (χ2v) is 5.70. The molecule has 112 valence electrons.